The average molecular weight is 438 g/mol. The molecule has 3 aromatic rings. The maximum absolute atomic E-state index is 13.6. The van der Waals surface area contributed by atoms with E-state index in [1.807, 2.05) is 32.0 Å². The van der Waals surface area contributed by atoms with E-state index in [9.17, 15) is 14.7 Å². The molecule has 6 heteroatoms. The lowest BCUT2D eigenvalue weighted by molar-refractivity contribution is -0.123. The fourth-order valence-corrected chi connectivity index (χ4v) is 4.89. The number of nitrogens with zero attached hydrogens (tertiary/aromatic N) is 1. The minimum atomic E-state index is -1.06. The second-order valence-electron chi connectivity index (χ2n) is 9.26. The van der Waals surface area contributed by atoms with Crippen LogP contribution in [-0.4, -0.2) is 30.1 Å². The number of aromatic carboxylic acids is 1. The van der Waals surface area contributed by atoms with E-state index in [1.54, 1.807) is 24.1 Å². The minimum absolute atomic E-state index is 0.00457. The molecule has 0 saturated heterocycles. The summed E-state index contributed by atoms with van der Waals surface area (Å²) in [5.41, 5.74) is 2.66. The van der Waals surface area contributed by atoms with Crippen molar-refractivity contribution in [3.63, 3.8) is 0 Å². The Morgan fingerprint density at radius 3 is 2.50 bits per heavy atom. The van der Waals surface area contributed by atoms with Crippen molar-refractivity contribution in [2.24, 2.45) is 11.8 Å². The van der Waals surface area contributed by atoms with Gasteiger partial charge >= 0.3 is 5.97 Å². The third-order valence-electron chi connectivity index (χ3n) is 6.61. The van der Waals surface area contributed by atoms with Crippen LogP contribution in [0.15, 0.2) is 34.7 Å². The lowest BCUT2D eigenvalue weighted by Crippen LogP contribution is -2.42. The number of carbonyl (C=O) groups is 2. The molecule has 0 unspecified atom stereocenters. The normalized spacial score (nSPS) is 19.0. The number of ether oxygens (including phenoxy) is 1. The van der Waals surface area contributed by atoms with Crippen LogP contribution < -0.4 is 4.90 Å². The number of methoxy groups -OCH3 is 1. The largest absolute Gasteiger partial charge is 0.478 e. The zero-order valence-corrected chi connectivity index (χ0v) is 19.2. The van der Waals surface area contributed by atoms with E-state index in [0.29, 0.717) is 29.4 Å². The second-order valence-corrected chi connectivity index (χ2v) is 9.26. The smallest absolute Gasteiger partial charge is 0.337 e. The molecule has 1 aliphatic rings. The molecule has 1 N–H and O–H groups in total. The highest BCUT2D eigenvalue weighted by Crippen LogP contribution is 2.38. The van der Waals surface area contributed by atoms with Gasteiger partial charge in [0.05, 0.1) is 17.9 Å². The Morgan fingerprint density at radius 2 is 1.88 bits per heavy atom. The first-order valence-corrected chi connectivity index (χ1v) is 11.3. The molecular formula is C26H31NO5. The number of hydrogen-bond acceptors (Lipinski definition) is 4. The van der Waals surface area contributed by atoms with Gasteiger partial charge < -0.3 is 19.2 Å². The first kappa shape index (κ1) is 22.3. The number of amides is 1. The van der Waals surface area contributed by atoms with Crippen molar-refractivity contribution in [1.82, 2.24) is 0 Å². The summed E-state index contributed by atoms with van der Waals surface area (Å²) >= 11 is 0. The number of carboxylic acids is 1. The Hall–Kier alpha value is -2.86. The molecule has 4 rings (SSSR count). The van der Waals surface area contributed by atoms with Gasteiger partial charge in [-0.3, -0.25) is 4.79 Å². The van der Waals surface area contributed by atoms with Gasteiger partial charge in [0.1, 0.15) is 11.2 Å². The lowest BCUT2D eigenvalue weighted by atomic mass is 9.82. The van der Waals surface area contributed by atoms with E-state index in [2.05, 4.69) is 6.92 Å². The Balaban J connectivity index is 1.86. The highest BCUT2D eigenvalue weighted by Gasteiger charge is 2.33. The lowest BCUT2D eigenvalue weighted by Gasteiger charge is -2.34. The summed E-state index contributed by atoms with van der Waals surface area (Å²) in [6.45, 7) is 6.46. The molecule has 1 fully saturated rings. The van der Waals surface area contributed by atoms with Crippen molar-refractivity contribution in [3.05, 3.63) is 41.5 Å². The molecule has 0 bridgehead atoms. The Labute approximate surface area is 188 Å². The van der Waals surface area contributed by atoms with Gasteiger partial charge in [-0.1, -0.05) is 25.1 Å². The summed E-state index contributed by atoms with van der Waals surface area (Å²) in [4.78, 5) is 27.5. The number of carboxylic acid groups (broad SMARTS) is 1. The molecule has 0 radical (unpaired) electrons. The van der Waals surface area contributed by atoms with E-state index in [4.69, 9.17) is 9.15 Å². The maximum atomic E-state index is 13.6. The Morgan fingerprint density at radius 1 is 1.16 bits per heavy atom. The van der Waals surface area contributed by atoms with Gasteiger partial charge in [0.25, 0.3) is 0 Å². The van der Waals surface area contributed by atoms with Crippen molar-refractivity contribution in [1.29, 1.82) is 0 Å². The maximum Gasteiger partial charge on any atom is 0.337 e. The standard InChI is InChI=1S/C26H31NO5/c1-15(2)27(25(28)17-10-8-16(3)9-11-17)22-13-23-20(12-21(22)26(29)30)19-7-5-6-18(14-31-4)24(19)32-23/h5-7,12-13,15-17H,8-11,14H2,1-4H3,(H,29,30). The van der Waals surface area contributed by atoms with Crippen molar-refractivity contribution >= 4 is 39.5 Å². The van der Waals surface area contributed by atoms with Gasteiger partial charge in [-0.25, -0.2) is 4.79 Å². The molecule has 0 spiro atoms. The monoisotopic (exact) mass is 437 g/mol. The number of rotatable bonds is 6. The number of para-hydroxylation sites is 1. The van der Waals surface area contributed by atoms with Crippen LogP contribution in [0, 0.1) is 11.8 Å². The molecule has 1 amide bonds. The summed E-state index contributed by atoms with van der Waals surface area (Å²) < 4.78 is 11.5. The van der Waals surface area contributed by atoms with E-state index in [-0.39, 0.29) is 23.4 Å². The first-order chi connectivity index (χ1) is 15.3. The molecule has 2 aromatic carbocycles. The SMILES string of the molecule is COCc1cccc2c1oc1cc(N(C(=O)C3CCC(C)CC3)C(C)C)c(C(=O)O)cc12. The van der Waals surface area contributed by atoms with Gasteiger partial charge in [-0.15, -0.1) is 0 Å². The molecule has 1 aliphatic carbocycles. The molecule has 0 atom stereocenters. The van der Waals surface area contributed by atoms with Crippen LogP contribution in [0.1, 0.15) is 62.4 Å². The van der Waals surface area contributed by atoms with Crippen molar-refractivity contribution in [2.45, 2.75) is 59.1 Å². The second kappa shape index (κ2) is 8.94. The minimum Gasteiger partial charge on any atom is -0.478 e. The molecule has 170 valence electrons. The number of carbonyl (C=O) groups excluding carboxylic acids is 1. The topological polar surface area (TPSA) is 80.0 Å². The van der Waals surface area contributed by atoms with Gasteiger partial charge in [-0.05, 0) is 51.5 Å². The highest BCUT2D eigenvalue weighted by atomic mass is 16.5. The van der Waals surface area contributed by atoms with E-state index >= 15 is 0 Å². The van der Waals surface area contributed by atoms with Crippen LogP contribution in [0.2, 0.25) is 0 Å². The Bertz CT molecular complexity index is 1150. The van der Waals surface area contributed by atoms with E-state index in [1.165, 1.54) is 0 Å². The summed E-state index contributed by atoms with van der Waals surface area (Å²) in [6, 6.07) is 8.95. The number of fused-ring (bicyclic) bond motifs is 3. The molecule has 1 saturated carbocycles. The molecule has 0 aliphatic heterocycles. The summed E-state index contributed by atoms with van der Waals surface area (Å²) in [5, 5.41) is 11.6. The predicted octanol–water partition coefficient (Wildman–Crippen LogP) is 6.00. The van der Waals surface area contributed by atoms with Crippen LogP contribution >= 0.6 is 0 Å². The zero-order valence-electron chi connectivity index (χ0n) is 19.2. The van der Waals surface area contributed by atoms with Crippen LogP contribution in [0.5, 0.6) is 0 Å². The number of benzene rings is 2. The third kappa shape index (κ3) is 3.99. The molecule has 6 nitrogen and oxygen atoms in total. The number of furan rings is 1. The van der Waals surface area contributed by atoms with Gasteiger partial charge in [0.15, 0.2) is 0 Å². The number of anilines is 1. The van der Waals surface area contributed by atoms with Crippen molar-refractivity contribution < 1.29 is 23.8 Å². The summed E-state index contributed by atoms with van der Waals surface area (Å²) in [7, 11) is 1.63. The van der Waals surface area contributed by atoms with Gasteiger partial charge in [-0.2, -0.15) is 0 Å². The molecule has 32 heavy (non-hydrogen) atoms. The predicted molar refractivity (Wildman–Crippen MR) is 125 cm³/mol. The fraction of sp³-hybridized carbons (Fsp3) is 0.462. The summed E-state index contributed by atoms with van der Waals surface area (Å²) in [5.74, 6) is -0.491. The van der Waals surface area contributed by atoms with E-state index < -0.39 is 5.97 Å². The molecular weight excluding hydrogens is 406 g/mol. The van der Waals surface area contributed by atoms with Gasteiger partial charge in [0.2, 0.25) is 5.91 Å². The fourth-order valence-electron chi connectivity index (χ4n) is 4.89. The summed E-state index contributed by atoms with van der Waals surface area (Å²) in [6.07, 6.45) is 3.75. The highest BCUT2D eigenvalue weighted by molar-refractivity contribution is 6.12. The number of hydrogen-bond donors (Lipinski definition) is 1. The third-order valence-corrected chi connectivity index (χ3v) is 6.61. The quantitative estimate of drug-likeness (QED) is 0.512. The van der Waals surface area contributed by atoms with Gasteiger partial charge in [0, 0.05) is 41.5 Å². The van der Waals surface area contributed by atoms with Crippen molar-refractivity contribution in [3.8, 4) is 0 Å². The van der Waals surface area contributed by atoms with Crippen LogP contribution in [0.3, 0.4) is 0 Å². The Kier molecular flexibility index (Phi) is 6.24. The van der Waals surface area contributed by atoms with E-state index in [0.717, 1.165) is 42.0 Å². The first-order valence-electron chi connectivity index (χ1n) is 11.3. The zero-order chi connectivity index (χ0) is 23.0. The average Bonchev–Trinajstić information content (AvgIpc) is 3.12. The van der Waals surface area contributed by atoms with Crippen LogP contribution in [-0.2, 0) is 16.1 Å². The molecule has 1 aromatic heterocycles. The van der Waals surface area contributed by atoms with Crippen LogP contribution in [0.4, 0.5) is 5.69 Å². The van der Waals surface area contributed by atoms with Crippen molar-refractivity contribution in [2.75, 3.05) is 12.0 Å². The molecule has 1 heterocycles. The van der Waals surface area contributed by atoms with Crippen LogP contribution in [0.25, 0.3) is 21.9 Å².